The number of rotatable bonds is 6. The van der Waals surface area contributed by atoms with Gasteiger partial charge in [-0.05, 0) is 42.5 Å². The summed E-state index contributed by atoms with van der Waals surface area (Å²) in [7, 11) is 0. The zero-order valence-corrected chi connectivity index (χ0v) is 17.5. The minimum Gasteiger partial charge on any atom is -0.508 e. The molecule has 0 aliphatic heterocycles. The quantitative estimate of drug-likeness (QED) is 0.336. The molecule has 3 aromatic rings. The number of ether oxygens (including phenoxy) is 1. The predicted molar refractivity (Wildman–Crippen MR) is 117 cm³/mol. The first-order chi connectivity index (χ1) is 14.3. The molecule has 0 unspecified atom stereocenters. The zero-order valence-electron chi connectivity index (χ0n) is 15.3. The number of phenols is 2. The van der Waals surface area contributed by atoms with Crippen molar-refractivity contribution < 1.29 is 19.7 Å². The number of halogens is 3. The third-order valence-electron chi connectivity index (χ3n) is 3.94. The van der Waals surface area contributed by atoms with Gasteiger partial charge in [-0.1, -0.05) is 40.9 Å². The van der Waals surface area contributed by atoms with Crippen LogP contribution in [0.1, 0.15) is 21.5 Å². The fourth-order valence-electron chi connectivity index (χ4n) is 2.52. The van der Waals surface area contributed by atoms with Crippen molar-refractivity contribution >= 4 is 46.9 Å². The second-order valence-corrected chi connectivity index (χ2v) is 7.36. The van der Waals surface area contributed by atoms with Crippen LogP contribution in [0.25, 0.3) is 0 Å². The highest BCUT2D eigenvalue weighted by atomic mass is 35.5. The molecule has 0 heterocycles. The highest BCUT2D eigenvalue weighted by Gasteiger charge is 2.10. The van der Waals surface area contributed by atoms with Crippen LogP contribution in [0.5, 0.6) is 17.2 Å². The summed E-state index contributed by atoms with van der Waals surface area (Å²) in [4.78, 5) is 12.1. The molecule has 0 aromatic heterocycles. The van der Waals surface area contributed by atoms with E-state index in [1.54, 1.807) is 36.4 Å². The fraction of sp³-hybridized carbons (Fsp3) is 0.0476. The molecule has 3 N–H and O–H groups in total. The van der Waals surface area contributed by atoms with E-state index >= 15 is 0 Å². The molecule has 30 heavy (non-hydrogen) atoms. The van der Waals surface area contributed by atoms with Crippen molar-refractivity contribution in [3.8, 4) is 17.2 Å². The summed E-state index contributed by atoms with van der Waals surface area (Å²) in [5.74, 6) is -0.658. The van der Waals surface area contributed by atoms with Gasteiger partial charge in [0.1, 0.15) is 23.9 Å². The fourth-order valence-corrected chi connectivity index (χ4v) is 3.21. The smallest absolute Gasteiger partial charge is 0.271 e. The van der Waals surface area contributed by atoms with Crippen molar-refractivity contribution in [1.82, 2.24) is 5.43 Å². The van der Waals surface area contributed by atoms with Gasteiger partial charge in [0.2, 0.25) is 0 Å². The van der Waals surface area contributed by atoms with Gasteiger partial charge in [-0.3, -0.25) is 4.79 Å². The molecule has 0 aliphatic rings. The van der Waals surface area contributed by atoms with Crippen LogP contribution in [0, 0.1) is 0 Å². The highest BCUT2D eigenvalue weighted by Crippen LogP contribution is 2.28. The van der Waals surface area contributed by atoms with Crippen LogP contribution in [-0.4, -0.2) is 22.3 Å². The summed E-state index contributed by atoms with van der Waals surface area (Å²) in [6.07, 6.45) is 1.36. The lowest BCUT2D eigenvalue weighted by Crippen LogP contribution is -2.17. The number of hydrogen-bond donors (Lipinski definition) is 3. The lowest BCUT2D eigenvalue weighted by atomic mass is 10.2. The maximum Gasteiger partial charge on any atom is 0.271 e. The van der Waals surface area contributed by atoms with Gasteiger partial charge in [-0.15, -0.1) is 0 Å². The van der Waals surface area contributed by atoms with Gasteiger partial charge < -0.3 is 14.9 Å². The zero-order chi connectivity index (χ0) is 21.7. The molecule has 0 bridgehead atoms. The largest absolute Gasteiger partial charge is 0.508 e. The molecule has 0 fully saturated rings. The maximum atomic E-state index is 12.1. The molecule has 0 spiro atoms. The second-order valence-electron chi connectivity index (χ2n) is 6.11. The summed E-state index contributed by atoms with van der Waals surface area (Å²) >= 11 is 18.4. The van der Waals surface area contributed by atoms with Crippen molar-refractivity contribution in [3.05, 3.63) is 86.4 Å². The highest BCUT2D eigenvalue weighted by molar-refractivity contribution is 6.36. The van der Waals surface area contributed by atoms with Crippen LogP contribution in [0.4, 0.5) is 0 Å². The first kappa shape index (κ1) is 21.8. The lowest BCUT2D eigenvalue weighted by Gasteiger charge is -2.12. The minimum absolute atomic E-state index is 0.0422. The molecule has 6 nitrogen and oxygen atoms in total. The van der Waals surface area contributed by atoms with Crippen molar-refractivity contribution in [2.75, 3.05) is 0 Å². The third kappa shape index (κ3) is 5.57. The van der Waals surface area contributed by atoms with E-state index in [9.17, 15) is 15.0 Å². The third-order valence-corrected chi connectivity index (χ3v) is 4.88. The van der Waals surface area contributed by atoms with Gasteiger partial charge in [-0.2, -0.15) is 5.10 Å². The molecular formula is C21H15Cl3N2O4. The SMILES string of the molecule is O=C(NN=Cc1cc(Cl)ccc1OCc1c(Cl)cccc1Cl)c1cc(O)cc(O)c1. The molecule has 154 valence electrons. The van der Waals surface area contributed by atoms with Gasteiger partial charge in [0, 0.05) is 37.8 Å². The van der Waals surface area contributed by atoms with E-state index in [2.05, 4.69) is 10.5 Å². The lowest BCUT2D eigenvalue weighted by molar-refractivity contribution is 0.0954. The van der Waals surface area contributed by atoms with Crippen molar-refractivity contribution in [1.29, 1.82) is 0 Å². The van der Waals surface area contributed by atoms with Crippen LogP contribution in [0.15, 0.2) is 59.7 Å². The molecule has 0 aliphatic carbocycles. The molecule has 0 saturated carbocycles. The Morgan fingerprint density at radius 2 is 1.67 bits per heavy atom. The van der Waals surface area contributed by atoms with E-state index < -0.39 is 5.91 Å². The van der Waals surface area contributed by atoms with Gasteiger partial charge in [0.25, 0.3) is 5.91 Å². The van der Waals surface area contributed by atoms with Gasteiger partial charge in [-0.25, -0.2) is 5.43 Å². The number of carbonyl (C=O) groups is 1. The topological polar surface area (TPSA) is 91.2 Å². The van der Waals surface area contributed by atoms with E-state index in [-0.39, 0.29) is 23.7 Å². The molecule has 0 atom stereocenters. The molecule has 0 radical (unpaired) electrons. The van der Waals surface area contributed by atoms with Crippen molar-refractivity contribution in [3.63, 3.8) is 0 Å². The molecule has 9 heteroatoms. The van der Waals surface area contributed by atoms with Crippen molar-refractivity contribution in [2.24, 2.45) is 5.10 Å². The number of aromatic hydroxyl groups is 2. The van der Waals surface area contributed by atoms with Crippen LogP contribution < -0.4 is 10.2 Å². The average molecular weight is 466 g/mol. The molecule has 3 rings (SSSR count). The van der Waals surface area contributed by atoms with Gasteiger partial charge >= 0.3 is 0 Å². The first-order valence-corrected chi connectivity index (χ1v) is 9.68. The second kappa shape index (κ2) is 9.71. The van der Waals surface area contributed by atoms with E-state index in [0.29, 0.717) is 31.9 Å². The van der Waals surface area contributed by atoms with Crippen LogP contribution in [0.3, 0.4) is 0 Å². The predicted octanol–water partition coefficient (Wildman–Crippen LogP) is 5.40. The average Bonchev–Trinajstić information content (AvgIpc) is 2.68. The van der Waals surface area contributed by atoms with E-state index in [1.165, 1.54) is 18.3 Å². The number of nitrogens with zero attached hydrogens (tertiary/aromatic N) is 1. The van der Waals surface area contributed by atoms with E-state index in [1.807, 2.05) is 0 Å². The number of nitrogens with one attached hydrogen (secondary N) is 1. The molecular weight excluding hydrogens is 451 g/mol. The number of carbonyl (C=O) groups excluding carboxylic acids is 1. The number of hydrazone groups is 1. The van der Waals surface area contributed by atoms with Gasteiger partial charge in [0.15, 0.2) is 0 Å². The Kier molecular flexibility index (Phi) is 7.05. The van der Waals surface area contributed by atoms with Crippen molar-refractivity contribution in [2.45, 2.75) is 6.61 Å². The standard InChI is InChI=1S/C21H15Cl3N2O4/c22-14-4-5-20(30-11-17-18(23)2-1-3-19(17)24)13(6-14)10-25-26-21(29)12-7-15(27)9-16(28)8-12/h1-10,27-28H,11H2,(H,26,29). The molecule has 0 saturated heterocycles. The Bertz CT molecular complexity index is 1080. The number of hydrogen-bond acceptors (Lipinski definition) is 5. The Morgan fingerprint density at radius 1 is 1.00 bits per heavy atom. The van der Waals surface area contributed by atoms with Crippen LogP contribution in [-0.2, 0) is 6.61 Å². The van der Waals surface area contributed by atoms with Crippen LogP contribution in [0.2, 0.25) is 15.1 Å². The summed E-state index contributed by atoms with van der Waals surface area (Å²) in [5.41, 5.74) is 3.49. The number of amides is 1. The molecule has 3 aromatic carbocycles. The van der Waals surface area contributed by atoms with Crippen LogP contribution >= 0.6 is 34.8 Å². The maximum absolute atomic E-state index is 12.1. The normalized spacial score (nSPS) is 10.9. The number of phenolic OH excluding ortho intramolecular Hbond substituents is 2. The monoisotopic (exact) mass is 464 g/mol. The van der Waals surface area contributed by atoms with E-state index in [4.69, 9.17) is 39.5 Å². The van der Waals surface area contributed by atoms with E-state index in [0.717, 1.165) is 6.07 Å². The molecule has 1 amide bonds. The Morgan fingerprint density at radius 3 is 2.33 bits per heavy atom. The Balaban J connectivity index is 1.74. The number of benzene rings is 3. The summed E-state index contributed by atoms with van der Waals surface area (Å²) < 4.78 is 5.82. The summed E-state index contributed by atoms with van der Waals surface area (Å²) in [6, 6.07) is 13.6. The summed E-state index contributed by atoms with van der Waals surface area (Å²) in [6.45, 7) is 0.121. The Hall–Kier alpha value is -2.93. The Labute approximate surface area is 187 Å². The first-order valence-electron chi connectivity index (χ1n) is 8.55. The minimum atomic E-state index is -0.621. The van der Waals surface area contributed by atoms with Gasteiger partial charge in [0.05, 0.1) is 6.21 Å². The summed E-state index contributed by atoms with van der Waals surface area (Å²) in [5, 5.41) is 24.3.